The number of phenolic OH excluding ortho intramolecular Hbond substituents is 1. The standard InChI is InChI=1S/C31H31FN4O2/c1-19-17-33-30(34-19)29(27-16-25(32)9-10-28(27)37)36-18-24-8-7-23(15-26(24)31(36)38)21-5-3-20(4-6-21)22-11-13-35(2)14-12-22/h3-10,15-17,22,29,37H,11-14,18H2,1-2H3,(H,33,34)/t29-/m0/s1. The van der Waals surface area contributed by atoms with Gasteiger partial charge in [-0.15, -0.1) is 0 Å². The molecule has 194 valence electrons. The molecule has 1 amide bonds. The Hall–Kier alpha value is -3.97. The molecule has 0 aliphatic carbocycles. The number of halogens is 1. The van der Waals surface area contributed by atoms with Gasteiger partial charge >= 0.3 is 0 Å². The number of aromatic nitrogens is 2. The van der Waals surface area contributed by atoms with Crippen molar-refractivity contribution in [2.75, 3.05) is 20.1 Å². The predicted molar refractivity (Wildman–Crippen MR) is 144 cm³/mol. The number of hydrogen-bond donors (Lipinski definition) is 2. The third kappa shape index (κ3) is 4.47. The average Bonchev–Trinajstić information content (AvgIpc) is 3.49. The molecule has 38 heavy (non-hydrogen) atoms. The molecule has 6 nitrogen and oxygen atoms in total. The molecular weight excluding hydrogens is 479 g/mol. The van der Waals surface area contributed by atoms with Crippen molar-refractivity contribution < 1.29 is 14.3 Å². The van der Waals surface area contributed by atoms with E-state index in [0.29, 0.717) is 29.4 Å². The van der Waals surface area contributed by atoms with Crippen LogP contribution in [0.4, 0.5) is 4.39 Å². The van der Waals surface area contributed by atoms with Crippen LogP contribution in [-0.4, -0.2) is 50.9 Å². The van der Waals surface area contributed by atoms with E-state index in [1.165, 1.54) is 36.6 Å². The van der Waals surface area contributed by atoms with Crippen LogP contribution in [0.1, 0.15) is 63.4 Å². The number of fused-ring (bicyclic) bond motifs is 1. The number of aromatic hydroxyl groups is 1. The molecule has 0 radical (unpaired) electrons. The quantitative estimate of drug-likeness (QED) is 0.357. The molecule has 3 aromatic carbocycles. The molecule has 4 aromatic rings. The van der Waals surface area contributed by atoms with Gasteiger partial charge in [-0.2, -0.15) is 0 Å². The summed E-state index contributed by atoms with van der Waals surface area (Å²) in [6.07, 6.45) is 4.09. The van der Waals surface area contributed by atoms with Crippen LogP contribution in [0.5, 0.6) is 5.75 Å². The van der Waals surface area contributed by atoms with Gasteiger partial charge in [-0.05, 0) is 92.3 Å². The van der Waals surface area contributed by atoms with Crippen molar-refractivity contribution in [3.8, 4) is 16.9 Å². The highest BCUT2D eigenvalue weighted by atomic mass is 19.1. The number of carbonyl (C=O) groups excluding carboxylic acids is 1. The Balaban J connectivity index is 1.30. The third-order valence-electron chi connectivity index (χ3n) is 7.96. The summed E-state index contributed by atoms with van der Waals surface area (Å²) < 4.78 is 14.2. The zero-order valence-electron chi connectivity index (χ0n) is 21.6. The zero-order chi connectivity index (χ0) is 26.4. The van der Waals surface area contributed by atoms with Crippen molar-refractivity contribution in [2.24, 2.45) is 0 Å². The van der Waals surface area contributed by atoms with Crippen molar-refractivity contribution in [3.63, 3.8) is 0 Å². The summed E-state index contributed by atoms with van der Waals surface area (Å²) in [6, 6.07) is 17.7. The zero-order valence-corrected chi connectivity index (χ0v) is 21.6. The van der Waals surface area contributed by atoms with Gasteiger partial charge in [0.1, 0.15) is 23.4 Å². The van der Waals surface area contributed by atoms with Crippen LogP contribution >= 0.6 is 0 Å². The number of nitrogens with zero attached hydrogens (tertiary/aromatic N) is 3. The summed E-state index contributed by atoms with van der Waals surface area (Å²) >= 11 is 0. The molecule has 1 aromatic heterocycles. The lowest BCUT2D eigenvalue weighted by Gasteiger charge is -2.29. The maximum absolute atomic E-state index is 14.2. The van der Waals surface area contributed by atoms with Gasteiger partial charge in [0.2, 0.25) is 0 Å². The van der Waals surface area contributed by atoms with Crippen molar-refractivity contribution in [3.05, 3.63) is 106 Å². The van der Waals surface area contributed by atoms with E-state index >= 15 is 0 Å². The van der Waals surface area contributed by atoms with Crippen molar-refractivity contribution in [1.29, 1.82) is 0 Å². The highest BCUT2D eigenvalue weighted by Crippen LogP contribution is 2.39. The minimum Gasteiger partial charge on any atom is -0.508 e. The molecule has 1 saturated heterocycles. The summed E-state index contributed by atoms with van der Waals surface area (Å²) in [5.41, 5.74) is 5.97. The molecule has 2 N–H and O–H groups in total. The normalized spacial score (nSPS) is 17.1. The number of imidazole rings is 1. The van der Waals surface area contributed by atoms with Gasteiger partial charge in [0.05, 0.1) is 5.69 Å². The molecule has 2 aliphatic rings. The fraction of sp³-hybridized carbons (Fsp3) is 0.290. The van der Waals surface area contributed by atoms with Gasteiger partial charge in [0, 0.05) is 23.9 Å². The predicted octanol–water partition coefficient (Wildman–Crippen LogP) is 5.78. The maximum atomic E-state index is 14.2. The monoisotopic (exact) mass is 510 g/mol. The second-order valence-electron chi connectivity index (χ2n) is 10.5. The van der Waals surface area contributed by atoms with E-state index in [1.54, 1.807) is 11.1 Å². The number of benzene rings is 3. The lowest BCUT2D eigenvalue weighted by molar-refractivity contribution is 0.0723. The van der Waals surface area contributed by atoms with Crippen LogP contribution in [0, 0.1) is 12.7 Å². The molecule has 0 unspecified atom stereocenters. The van der Waals surface area contributed by atoms with E-state index in [9.17, 15) is 14.3 Å². The van der Waals surface area contributed by atoms with Crippen molar-refractivity contribution >= 4 is 5.91 Å². The molecule has 3 heterocycles. The number of amides is 1. The van der Waals surface area contributed by atoms with Crippen molar-refractivity contribution in [2.45, 2.75) is 38.3 Å². The summed E-state index contributed by atoms with van der Waals surface area (Å²) in [5, 5.41) is 10.6. The highest BCUT2D eigenvalue weighted by Gasteiger charge is 2.37. The molecule has 0 bridgehead atoms. The molecule has 0 saturated carbocycles. The molecule has 1 fully saturated rings. The van der Waals surface area contributed by atoms with E-state index < -0.39 is 11.9 Å². The van der Waals surface area contributed by atoms with E-state index in [1.807, 2.05) is 25.1 Å². The minimum atomic E-state index is -0.753. The Morgan fingerprint density at radius 1 is 1.03 bits per heavy atom. The van der Waals surface area contributed by atoms with Crippen LogP contribution in [0.3, 0.4) is 0 Å². The number of piperidine rings is 1. The van der Waals surface area contributed by atoms with E-state index in [2.05, 4.69) is 46.2 Å². The topological polar surface area (TPSA) is 72.5 Å². The number of aryl methyl sites for hydroxylation is 1. The number of nitrogens with one attached hydrogen (secondary N) is 1. The first-order valence-electron chi connectivity index (χ1n) is 13.1. The molecule has 6 rings (SSSR count). The van der Waals surface area contributed by atoms with Crippen LogP contribution in [-0.2, 0) is 6.54 Å². The number of likely N-dealkylation sites (tertiary alicyclic amines) is 1. The summed E-state index contributed by atoms with van der Waals surface area (Å²) in [5.74, 6) is 0.333. The smallest absolute Gasteiger partial charge is 0.255 e. The van der Waals surface area contributed by atoms with Gasteiger partial charge in [0.15, 0.2) is 0 Å². The highest BCUT2D eigenvalue weighted by molar-refractivity contribution is 6.00. The van der Waals surface area contributed by atoms with Crippen LogP contribution in [0.2, 0.25) is 0 Å². The number of hydrogen-bond acceptors (Lipinski definition) is 4. The third-order valence-corrected chi connectivity index (χ3v) is 7.96. The lowest BCUT2D eigenvalue weighted by atomic mass is 9.88. The summed E-state index contributed by atoms with van der Waals surface area (Å²) in [4.78, 5) is 25.4. The lowest BCUT2D eigenvalue weighted by Crippen LogP contribution is -2.31. The minimum absolute atomic E-state index is 0.0837. The number of rotatable bonds is 5. The number of H-pyrrole nitrogens is 1. The first kappa shape index (κ1) is 24.4. The molecule has 1 atom stereocenters. The number of aromatic amines is 1. The van der Waals surface area contributed by atoms with Crippen LogP contribution in [0.25, 0.3) is 11.1 Å². The van der Waals surface area contributed by atoms with Gasteiger partial charge < -0.3 is 19.9 Å². The molecule has 2 aliphatic heterocycles. The Bertz CT molecular complexity index is 1490. The number of phenols is 1. The summed E-state index contributed by atoms with van der Waals surface area (Å²) in [6.45, 7) is 4.43. The fourth-order valence-corrected chi connectivity index (χ4v) is 5.78. The van der Waals surface area contributed by atoms with Crippen LogP contribution < -0.4 is 0 Å². The SMILES string of the molecule is Cc1c[nH]c([C@H](c2cc(F)ccc2O)N2Cc3ccc(-c4ccc(C5CCN(C)CC5)cc4)cc3C2=O)n1. The molecule has 0 spiro atoms. The molecular formula is C31H31FN4O2. The molecule has 7 heteroatoms. The van der Waals surface area contributed by atoms with E-state index in [0.717, 1.165) is 35.5 Å². The largest absolute Gasteiger partial charge is 0.508 e. The van der Waals surface area contributed by atoms with E-state index in [4.69, 9.17) is 0 Å². The second-order valence-corrected chi connectivity index (χ2v) is 10.5. The summed E-state index contributed by atoms with van der Waals surface area (Å²) in [7, 11) is 2.17. The van der Waals surface area contributed by atoms with Crippen LogP contribution in [0.15, 0.2) is 66.9 Å². The Morgan fingerprint density at radius 2 is 1.76 bits per heavy atom. The Labute approximate surface area is 221 Å². The second kappa shape index (κ2) is 9.72. The number of carbonyl (C=O) groups is 1. The van der Waals surface area contributed by atoms with Gasteiger partial charge in [0.25, 0.3) is 5.91 Å². The van der Waals surface area contributed by atoms with Gasteiger partial charge in [-0.25, -0.2) is 9.37 Å². The first-order valence-corrected chi connectivity index (χ1v) is 13.1. The average molecular weight is 511 g/mol. The Kier molecular flexibility index (Phi) is 6.24. The fourth-order valence-electron chi connectivity index (χ4n) is 5.78. The van der Waals surface area contributed by atoms with Crippen molar-refractivity contribution in [1.82, 2.24) is 19.8 Å². The van der Waals surface area contributed by atoms with Gasteiger partial charge in [-0.1, -0.05) is 36.4 Å². The first-order chi connectivity index (χ1) is 18.4. The van der Waals surface area contributed by atoms with E-state index in [-0.39, 0.29) is 11.7 Å². The Morgan fingerprint density at radius 3 is 2.47 bits per heavy atom. The maximum Gasteiger partial charge on any atom is 0.255 e. The van der Waals surface area contributed by atoms with Gasteiger partial charge in [-0.3, -0.25) is 4.79 Å².